The van der Waals surface area contributed by atoms with Crippen LogP contribution in [0.4, 0.5) is 0 Å². The van der Waals surface area contributed by atoms with E-state index in [1.54, 1.807) is 0 Å². The molecule has 1 N–H and O–H groups in total. The van der Waals surface area contributed by atoms with Gasteiger partial charge in [-0.25, -0.2) is 0 Å². The summed E-state index contributed by atoms with van der Waals surface area (Å²) in [5.74, 6) is 0. The molecule has 0 atom stereocenters. The first-order chi connectivity index (χ1) is 9.30. The van der Waals surface area contributed by atoms with Crippen LogP contribution in [0.1, 0.15) is 46.1 Å². The largest absolute Gasteiger partial charge is 0.494 e. The topological polar surface area (TPSA) is 38.7 Å². The predicted molar refractivity (Wildman–Crippen MR) is 80.2 cm³/mol. The molecule has 4 heteroatoms. The Balaban J connectivity index is 1.80. The van der Waals surface area contributed by atoms with Crippen LogP contribution in [0.5, 0.6) is 0 Å². The van der Waals surface area contributed by atoms with Crippen LogP contribution in [0.25, 0.3) is 0 Å². The van der Waals surface area contributed by atoms with Crippen molar-refractivity contribution in [3.8, 4) is 0 Å². The molecule has 3 rings (SSSR count). The summed E-state index contributed by atoms with van der Waals surface area (Å²) < 4.78 is 12.1. The van der Waals surface area contributed by atoms with Crippen molar-refractivity contribution >= 4 is 12.6 Å². The zero-order valence-electron chi connectivity index (χ0n) is 12.8. The molecule has 0 aromatic heterocycles. The molecule has 1 aromatic rings. The van der Waals surface area contributed by atoms with Gasteiger partial charge in [-0.3, -0.25) is 0 Å². The monoisotopic (exact) mass is 274 g/mol. The molecule has 0 spiro atoms. The number of aliphatic hydroxyl groups is 1. The van der Waals surface area contributed by atoms with Crippen LogP contribution in [0, 0.1) is 0 Å². The van der Waals surface area contributed by atoms with E-state index in [4.69, 9.17) is 9.31 Å². The Hall–Kier alpha value is -0.835. The average Bonchev–Trinajstić information content (AvgIpc) is 3.14. The van der Waals surface area contributed by atoms with E-state index in [1.165, 1.54) is 5.56 Å². The number of benzene rings is 1. The van der Waals surface area contributed by atoms with Gasteiger partial charge in [0.15, 0.2) is 0 Å². The third-order valence-electron chi connectivity index (χ3n) is 5.20. The van der Waals surface area contributed by atoms with Crippen LogP contribution < -0.4 is 5.46 Å². The minimum atomic E-state index is -0.307. The van der Waals surface area contributed by atoms with E-state index in [0.29, 0.717) is 0 Å². The van der Waals surface area contributed by atoms with Gasteiger partial charge in [0, 0.05) is 5.41 Å². The number of hydrogen-bond donors (Lipinski definition) is 1. The molecule has 2 aliphatic rings. The van der Waals surface area contributed by atoms with Gasteiger partial charge < -0.3 is 14.4 Å². The molecule has 1 aliphatic carbocycles. The lowest BCUT2D eigenvalue weighted by Crippen LogP contribution is -2.41. The van der Waals surface area contributed by atoms with E-state index in [-0.39, 0.29) is 30.3 Å². The highest BCUT2D eigenvalue weighted by Gasteiger charge is 2.52. The fourth-order valence-electron chi connectivity index (χ4n) is 2.66. The Kier molecular flexibility index (Phi) is 3.05. The second-order valence-corrected chi connectivity index (χ2v) is 7.15. The highest BCUT2D eigenvalue weighted by atomic mass is 16.7. The smallest absolute Gasteiger partial charge is 0.399 e. The van der Waals surface area contributed by atoms with E-state index in [2.05, 4.69) is 52.0 Å². The standard InChI is InChI=1S/C16H23BO3/c1-14(2)15(3,4)20-17(19-14)13-7-5-12(6-8-13)16(11-18)9-10-16/h5-8,18H,9-11H2,1-4H3. The molecule has 1 saturated heterocycles. The average molecular weight is 274 g/mol. The molecule has 2 fully saturated rings. The first-order valence-electron chi connectivity index (χ1n) is 7.37. The molecule has 0 radical (unpaired) electrons. The maximum atomic E-state index is 9.48. The van der Waals surface area contributed by atoms with Gasteiger partial charge in [-0.15, -0.1) is 0 Å². The van der Waals surface area contributed by atoms with E-state index >= 15 is 0 Å². The Morgan fingerprint density at radius 3 is 1.90 bits per heavy atom. The molecule has 20 heavy (non-hydrogen) atoms. The molecular formula is C16H23BO3. The predicted octanol–water partition coefficient (Wildman–Crippen LogP) is 2.01. The highest BCUT2D eigenvalue weighted by Crippen LogP contribution is 2.47. The number of aliphatic hydroxyl groups excluding tert-OH is 1. The lowest BCUT2D eigenvalue weighted by molar-refractivity contribution is 0.00578. The third kappa shape index (κ3) is 2.10. The highest BCUT2D eigenvalue weighted by molar-refractivity contribution is 6.62. The fourth-order valence-corrected chi connectivity index (χ4v) is 2.66. The van der Waals surface area contributed by atoms with E-state index < -0.39 is 0 Å². The third-order valence-corrected chi connectivity index (χ3v) is 5.20. The summed E-state index contributed by atoms with van der Waals surface area (Å²) in [5, 5.41) is 9.48. The minimum Gasteiger partial charge on any atom is -0.399 e. The van der Waals surface area contributed by atoms with Crippen molar-refractivity contribution in [3.63, 3.8) is 0 Å². The van der Waals surface area contributed by atoms with E-state index in [9.17, 15) is 5.11 Å². The van der Waals surface area contributed by atoms with Crippen LogP contribution >= 0.6 is 0 Å². The lowest BCUT2D eigenvalue weighted by Gasteiger charge is -2.32. The van der Waals surface area contributed by atoms with E-state index in [0.717, 1.165) is 18.3 Å². The van der Waals surface area contributed by atoms with Gasteiger partial charge in [0.2, 0.25) is 0 Å². The summed E-state index contributed by atoms with van der Waals surface area (Å²) in [5.41, 5.74) is 1.67. The van der Waals surface area contributed by atoms with Crippen LogP contribution in [-0.2, 0) is 14.7 Å². The fraction of sp³-hybridized carbons (Fsp3) is 0.625. The lowest BCUT2D eigenvalue weighted by atomic mass is 9.78. The molecule has 1 aliphatic heterocycles. The van der Waals surface area contributed by atoms with Crippen molar-refractivity contribution in [2.45, 2.75) is 57.2 Å². The molecule has 0 amide bonds. The summed E-state index contributed by atoms with van der Waals surface area (Å²) >= 11 is 0. The number of hydrogen-bond acceptors (Lipinski definition) is 3. The Labute approximate surface area is 121 Å². The Morgan fingerprint density at radius 2 is 1.50 bits per heavy atom. The Morgan fingerprint density at radius 1 is 1.00 bits per heavy atom. The second-order valence-electron chi connectivity index (χ2n) is 7.15. The van der Waals surface area contributed by atoms with Gasteiger partial charge in [0.25, 0.3) is 0 Å². The summed E-state index contributed by atoms with van der Waals surface area (Å²) in [6, 6.07) is 8.33. The first-order valence-corrected chi connectivity index (χ1v) is 7.37. The molecule has 1 saturated carbocycles. The molecule has 0 unspecified atom stereocenters. The van der Waals surface area contributed by atoms with Crippen molar-refractivity contribution in [3.05, 3.63) is 29.8 Å². The SMILES string of the molecule is CC1(C)OB(c2ccc(C3(CO)CC3)cc2)OC1(C)C. The van der Waals surface area contributed by atoms with Crippen molar-refractivity contribution in [1.82, 2.24) is 0 Å². The minimum absolute atomic E-state index is 0.0223. The molecule has 1 heterocycles. The van der Waals surface area contributed by atoms with Gasteiger partial charge in [-0.2, -0.15) is 0 Å². The normalized spacial score (nSPS) is 25.8. The summed E-state index contributed by atoms with van der Waals surface area (Å²) in [7, 11) is -0.307. The molecule has 108 valence electrons. The van der Waals surface area contributed by atoms with Crippen molar-refractivity contribution in [2.24, 2.45) is 0 Å². The van der Waals surface area contributed by atoms with Gasteiger partial charge in [0.05, 0.1) is 17.8 Å². The van der Waals surface area contributed by atoms with Gasteiger partial charge >= 0.3 is 7.12 Å². The molecule has 3 nitrogen and oxygen atoms in total. The van der Waals surface area contributed by atoms with Crippen LogP contribution in [0.15, 0.2) is 24.3 Å². The van der Waals surface area contributed by atoms with Gasteiger partial charge in [-0.05, 0) is 51.6 Å². The maximum Gasteiger partial charge on any atom is 0.494 e. The van der Waals surface area contributed by atoms with Crippen molar-refractivity contribution in [2.75, 3.05) is 6.61 Å². The van der Waals surface area contributed by atoms with Crippen LogP contribution in [0.2, 0.25) is 0 Å². The van der Waals surface area contributed by atoms with Crippen LogP contribution in [-0.4, -0.2) is 30.0 Å². The van der Waals surface area contributed by atoms with Crippen LogP contribution in [0.3, 0.4) is 0 Å². The Bertz CT molecular complexity index is 487. The van der Waals surface area contributed by atoms with Gasteiger partial charge in [0.1, 0.15) is 0 Å². The first kappa shape index (κ1) is 14.1. The van der Waals surface area contributed by atoms with E-state index in [1.807, 2.05) is 0 Å². The zero-order chi connectivity index (χ0) is 14.6. The number of rotatable bonds is 3. The summed E-state index contributed by atoms with van der Waals surface area (Å²) in [6.45, 7) is 8.49. The zero-order valence-corrected chi connectivity index (χ0v) is 12.8. The quantitative estimate of drug-likeness (QED) is 0.857. The summed E-state index contributed by atoms with van der Waals surface area (Å²) in [6.07, 6.45) is 2.17. The van der Waals surface area contributed by atoms with Gasteiger partial charge in [-0.1, -0.05) is 24.3 Å². The van der Waals surface area contributed by atoms with Crippen molar-refractivity contribution in [1.29, 1.82) is 0 Å². The molecular weight excluding hydrogens is 251 g/mol. The molecule has 0 bridgehead atoms. The second kappa shape index (κ2) is 4.33. The summed E-state index contributed by atoms with van der Waals surface area (Å²) in [4.78, 5) is 0. The maximum absolute atomic E-state index is 9.48. The van der Waals surface area contributed by atoms with Crippen molar-refractivity contribution < 1.29 is 14.4 Å². The molecule has 1 aromatic carbocycles.